The van der Waals surface area contributed by atoms with E-state index in [4.69, 9.17) is 0 Å². The van der Waals surface area contributed by atoms with E-state index in [2.05, 4.69) is 26.9 Å². The summed E-state index contributed by atoms with van der Waals surface area (Å²) >= 11 is 0. The number of anilines is 1. The van der Waals surface area contributed by atoms with Crippen LogP contribution in [0.5, 0.6) is 0 Å². The molecule has 0 spiro atoms. The zero-order chi connectivity index (χ0) is 11.5. The van der Waals surface area contributed by atoms with Gasteiger partial charge in [-0.2, -0.15) is 10.2 Å². The van der Waals surface area contributed by atoms with Crippen LogP contribution in [0.2, 0.25) is 0 Å². The molecule has 1 aromatic heterocycles. The summed E-state index contributed by atoms with van der Waals surface area (Å²) in [7, 11) is 0. The van der Waals surface area contributed by atoms with Gasteiger partial charge in [0.2, 0.25) is 0 Å². The Bertz CT molecular complexity index is 502. The van der Waals surface area contributed by atoms with Crippen molar-refractivity contribution >= 4 is 16.6 Å². The minimum absolute atomic E-state index is 0.768. The van der Waals surface area contributed by atoms with Gasteiger partial charge < -0.3 is 10.6 Å². The van der Waals surface area contributed by atoms with E-state index in [1.165, 1.54) is 12.8 Å². The van der Waals surface area contributed by atoms with Gasteiger partial charge in [0.1, 0.15) is 0 Å². The lowest BCUT2D eigenvalue weighted by atomic mass is 10.2. The molecule has 0 radical (unpaired) electrons. The highest BCUT2D eigenvalue weighted by Gasteiger charge is 2.19. The van der Waals surface area contributed by atoms with Crippen molar-refractivity contribution in [3.05, 3.63) is 30.5 Å². The van der Waals surface area contributed by atoms with Crippen LogP contribution in [0.1, 0.15) is 12.8 Å². The second kappa shape index (κ2) is 4.67. The van der Waals surface area contributed by atoms with Crippen molar-refractivity contribution in [1.29, 1.82) is 0 Å². The van der Waals surface area contributed by atoms with E-state index >= 15 is 0 Å². The summed E-state index contributed by atoms with van der Waals surface area (Å²) in [6, 6.07) is 8.83. The van der Waals surface area contributed by atoms with Crippen LogP contribution in [0.25, 0.3) is 10.9 Å². The monoisotopic (exact) mass is 228 g/mol. The zero-order valence-electron chi connectivity index (χ0n) is 9.69. The Balaban J connectivity index is 1.66. The lowest BCUT2D eigenvalue weighted by Crippen LogP contribution is -2.24. The van der Waals surface area contributed by atoms with Gasteiger partial charge >= 0.3 is 0 Å². The molecule has 0 amide bonds. The molecule has 0 bridgehead atoms. The molecule has 0 saturated heterocycles. The van der Waals surface area contributed by atoms with Crippen molar-refractivity contribution < 1.29 is 0 Å². The highest BCUT2D eigenvalue weighted by molar-refractivity contribution is 5.90. The molecule has 0 unspecified atom stereocenters. The van der Waals surface area contributed by atoms with Crippen LogP contribution in [0.4, 0.5) is 5.69 Å². The van der Waals surface area contributed by atoms with Crippen LogP contribution < -0.4 is 10.6 Å². The van der Waals surface area contributed by atoms with Crippen molar-refractivity contribution in [3.8, 4) is 0 Å². The fourth-order valence-corrected chi connectivity index (χ4v) is 1.91. The summed E-state index contributed by atoms with van der Waals surface area (Å²) in [5.74, 6) is 0. The molecule has 4 nitrogen and oxygen atoms in total. The maximum Gasteiger partial charge on any atom is 0.0950 e. The lowest BCUT2D eigenvalue weighted by Gasteiger charge is -2.08. The molecule has 1 aromatic carbocycles. The molecule has 1 aliphatic rings. The maximum atomic E-state index is 4.10. The molecule has 0 aliphatic heterocycles. The van der Waals surface area contributed by atoms with Crippen molar-refractivity contribution in [1.82, 2.24) is 15.5 Å². The Morgan fingerprint density at radius 2 is 2.06 bits per heavy atom. The quantitative estimate of drug-likeness (QED) is 0.766. The molecule has 1 fully saturated rings. The van der Waals surface area contributed by atoms with Crippen molar-refractivity contribution in [3.63, 3.8) is 0 Å². The van der Waals surface area contributed by atoms with Gasteiger partial charge in [0.05, 0.1) is 17.4 Å². The van der Waals surface area contributed by atoms with Crippen LogP contribution in [0.3, 0.4) is 0 Å². The molecule has 3 rings (SSSR count). The van der Waals surface area contributed by atoms with E-state index in [0.29, 0.717) is 0 Å². The van der Waals surface area contributed by atoms with Gasteiger partial charge in [-0.1, -0.05) is 18.2 Å². The number of fused-ring (bicyclic) bond motifs is 1. The lowest BCUT2D eigenvalue weighted by molar-refractivity contribution is 0.701. The van der Waals surface area contributed by atoms with Crippen molar-refractivity contribution in [2.75, 3.05) is 18.4 Å². The topological polar surface area (TPSA) is 49.8 Å². The number of aromatic nitrogens is 2. The molecule has 1 aliphatic carbocycles. The normalized spacial score (nSPS) is 15.1. The van der Waals surface area contributed by atoms with E-state index in [0.717, 1.165) is 35.7 Å². The minimum Gasteiger partial charge on any atom is -0.382 e. The van der Waals surface area contributed by atoms with E-state index < -0.39 is 0 Å². The smallest absolute Gasteiger partial charge is 0.0950 e. The summed E-state index contributed by atoms with van der Waals surface area (Å²) in [5, 5.41) is 16.1. The third-order valence-corrected chi connectivity index (χ3v) is 3.00. The molecule has 17 heavy (non-hydrogen) atoms. The molecule has 2 N–H and O–H groups in total. The number of hydrogen-bond acceptors (Lipinski definition) is 4. The van der Waals surface area contributed by atoms with Crippen LogP contribution in [-0.4, -0.2) is 29.3 Å². The van der Waals surface area contributed by atoms with E-state index in [9.17, 15) is 0 Å². The van der Waals surface area contributed by atoms with Gasteiger partial charge in [0.15, 0.2) is 0 Å². The van der Waals surface area contributed by atoms with Gasteiger partial charge in [0, 0.05) is 24.5 Å². The Hall–Kier alpha value is -1.68. The molecular formula is C13H16N4. The van der Waals surface area contributed by atoms with Crippen LogP contribution in [-0.2, 0) is 0 Å². The first-order valence-corrected chi connectivity index (χ1v) is 6.11. The van der Waals surface area contributed by atoms with Gasteiger partial charge in [0.25, 0.3) is 0 Å². The number of nitrogens with one attached hydrogen (secondary N) is 2. The minimum atomic E-state index is 0.768. The third-order valence-electron chi connectivity index (χ3n) is 3.00. The van der Waals surface area contributed by atoms with Crippen molar-refractivity contribution in [2.24, 2.45) is 0 Å². The predicted octanol–water partition coefficient (Wildman–Crippen LogP) is 1.79. The fraction of sp³-hybridized carbons (Fsp3) is 0.385. The average Bonchev–Trinajstić information content (AvgIpc) is 3.19. The van der Waals surface area contributed by atoms with Gasteiger partial charge in [-0.05, 0) is 18.9 Å². The van der Waals surface area contributed by atoms with Gasteiger partial charge in [-0.3, -0.25) is 0 Å². The van der Waals surface area contributed by atoms with E-state index in [1.807, 2.05) is 18.2 Å². The second-order valence-corrected chi connectivity index (χ2v) is 4.43. The van der Waals surface area contributed by atoms with Crippen LogP contribution >= 0.6 is 0 Å². The summed E-state index contributed by atoms with van der Waals surface area (Å²) < 4.78 is 0. The molecule has 1 saturated carbocycles. The summed E-state index contributed by atoms with van der Waals surface area (Å²) in [6.45, 7) is 1.92. The molecule has 2 aromatic rings. The molecule has 88 valence electrons. The largest absolute Gasteiger partial charge is 0.382 e. The fourth-order valence-electron chi connectivity index (χ4n) is 1.91. The second-order valence-electron chi connectivity index (χ2n) is 4.43. The van der Waals surface area contributed by atoms with Crippen molar-refractivity contribution in [2.45, 2.75) is 18.9 Å². The molecule has 0 atom stereocenters. The van der Waals surface area contributed by atoms with Crippen LogP contribution in [0, 0.1) is 0 Å². The number of benzene rings is 1. The molecule has 1 heterocycles. The SMILES string of the molecule is c1ccc2c(NCCNC3CC3)cnnc2c1. The summed E-state index contributed by atoms with van der Waals surface area (Å²) in [5.41, 5.74) is 2.00. The molecule has 4 heteroatoms. The standard InChI is InChI=1S/C13H16N4/c1-2-4-12-11(3-1)13(9-16-17-12)15-8-7-14-10-5-6-10/h1-4,9-10,14H,5-8H2,(H,15,17). The Kier molecular flexibility index (Phi) is 2.88. The summed E-state index contributed by atoms with van der Waals surface area (Å²) in [6.07, 6.45) is 4.46. The van der Waals surface area contributed by atoms with E-state index in [1.54, 1.807) is 6.20 Å². The Labute approximate surface area is 100 Å². The average molecular weight is 228 g/mol. The highest BCUT2D eigenvalue weighted by atomic mass is 15.1. The first-order valence-electron chi connectivity index (χ1n) is 6.11. The highest BCUT2D eigenvalue weighted by Crippen LogP contribution is 2.20. The third kappa shape index (κ3) is 2.53. The maximum absolute atomic E-state index is 4.10. The Morgan fingerprint density at radius 1 is 1.18 bits per heavy atom. The number of hydrogen-bond donors (Lipinski definition) is 2. The number of rotatable bonds is 5. The molecular weight excluding hydrogens is 212 g/mol. The van der Waals surface area contributed by atoms with Gasteiger partial charge in [-0.15, -0.1) is 0 Å². The summed E-state index contributed by atoms with van der Waals surface area (Å²) in [4.78, 5) is 0. The predicted molar refractivity (Wildman–Crippen MR) is 69.1 cm³/mol. The first kappa shape index (κ1) is 10.5. The van der Waals surface area contributed by atoms with Crippen LogP contribution in [0.15, 0.2) is 30.5 Å². The number of nitrogens with zero attached hydrogens (tertiary/aromatic N) is 2. The van der Waals surface area contributed by atoms with Gasteiger partial charge in [-0.25, -0.2) is 0 Å². The first-order chi connectivity index (χ1) is 8.43. The zero-order valence-corrected chi connectivity index (χ0v) is 9.69. The Morgan fingerprint density at radius 3 is 2.94 bits per heavy atom. The van der Waals surface area contributed by atoms with E-state index in [-0.39, 0.29) is 0 Å².